The molecule has 1 amide bonds. The van der Waals surface area contributed by atoms with Gasteiger partial charge in [0.2, 0.25) is 5.91 Å². The van der Waals surface area contributed by atoms with E-state index in [1.165, 1.54) is 0 Å². The Hall–Kier alpha value is -0.520. The Balaban J connectivity index is 1.55. The van der Waals surface area contributed by atoms with Crippen LogP contribution >= 0.6 is 58.3 Å². The van der Waals surface area contributed by atoms with Crippen LogP contribution in [0.5, 0.6) is 0 Å². The van der Waals surface area contributed by atoms with Gasteiger partial charge >= 0.3 is 0 Å². The van der Waals surface area contributed by atoms with Gasteiger partial charge < -0.3 is 5.32 Å². The summed E-state index contributed by atoms with van der Waals surface area (Å²) >= 11 is 21.2. The van der Waals surface area contributed by atoms with E-state index in [0.717, 1.165) is 33.4 Å². The topological polar surface area (TPSA) is 29.1 Å². The molecule has 0 heterocycles. The molecule has 2 aromatic carbocycles. The predicted octanol–water partition coefficient (Wildman–Crippen LogP) is 5.93. The van der Waals surface area contributed by atoms with Crippen LogP contribution in [0.3, 0.4) is 0 Å². The second-order valence-electron chi connectivity index (χ2n) is 5.27. The van der Waals surface area contributed by atoms with Crippen molar-refractivity contribution in [3.63, 3.8) is 0 Å². The summed E-state index contributed by atoms with van der Waals surface area (Å²) in [6.45, 7) is 0.655. The summed E-state index contributed by atoms with van der Waals surface area (Å²) in [4.78, 5) is 11.8. The first kappa shape index (κ1) is 20.8. The molecule has 0 spiro atoms. The maximum absolute atomic E-state index is 11.8. The van der Waals surface area contributed by atoms with Crippen molar-refractivity contribution in [1.29, 1.82) is 0 Å². The predicted molar refractivity (Wildman–Crippen MR) is 113 cm³/mol. The zero-order valence-corrected chi connectivity index (χ0v) is 17.3. The molecule has 0 unspecified atom stereocenters. The van der Waals surface area contributed by atoms with Crippen LogP contribution in [0.2, 0.25) is 15.1 Å². The van der Waals surface area contributed by atoms with Crippen molar-refractivity contribution in [2.45, 2.75) is 11.5 Å². The van der Waals surface area contributed by atoms with Crippen molar-refractivity contribution in [3.05, 3.63) is 68.7 Å². The lowest BCUT2D eigenvalue weighted by atomic mass is 10.2. The third kappa shape index (κ3) is 8.14. The van der Waals surface area contributed by atoms with E-state index in [1.807, 2.05) is 36.4 Å². The maximum atomic E-state index is 11.8. The fourth-order valence-corrected chi connectivity index (χ4v) is 4.17. The number of amides is 1. The van der Waals surface area contributed by atoms with E-state index in [1.54, 1.807) is 29.6 Å². The van der Waals surface area contributed by atoms with E-state index >= 15 is 0 Å². The Morgan fingerprint density at radius 2 is 1.68 bits per heavy atom. The molecule has 2 rings (SSSR count). The van der Waals surface area contributed by atoms with Crippen LogP contribution in [0, 0.1) is 0 Å². The monoisotopic (exact) mass is 433 g/mol. The standard InChI is InChI=1S/C18H18Cl3NOS2/c19-15-3-1-2-13(8-15)11-25-12-18(23)22-6-7-24-10-14-4-5-16(20)17(21)9-14/h1-5,8-9H,6-7,10-12H2,(H,22,23). The second-order valence-corrected chi connectivity index (χ2v) is 8.62. The molecule has 0 aromatic heterocycles. The average molecular weight is 435 g/mol. The number of rotatable bonds is 9. The minimum atomic E-state index is 0.0576. The Labute approximate surface area is 172 Å². The second kappa shape index (κ2) is 11.2. The number of thioether (sulfide) groups is 2. The lowest BCUT2D eigenvalue weighted by Gasteiger charge is -2.06. The Bertz CT molecular complexity index is 712. The van der Waals surface area contributed by atoms with Gasteiger partial charge in [0, 0.05) is 28.8 Å². The molecule has 0 bridgehead atoms. The number of benzene rings is 2. The van der Waals surface area contributed by atoms with Gasteiger partial charge in [-0.25, -0.2) is 0 Å². The number of hydrogen-bond acceptors (Lipinski definition) is 3. The van der Waals surface area contributed by atoms with Gasteiger partial charge in [-0.3, -0.25) is 4.79 Å². The average Bonchev–Trinajstić information content (AvgIpc) is 2.58. The molecule has 2 aromatic rings. The van der Waals surface area contributed by atoms with Crippen LogP contribution in [-0.4, -0.2) is 24.0 Å². The van der Waals surface area contributed by atoms with Gasteiger partial charge in [0.1, 0.15) is 0 Å². The maximum Gasteiger partial charge on any atom is 0.230 e. The molecule has 0 radical (unpaired) electrons. The summed E-state index contributed by atoms with van der Waals surface area (Å²) in [5, 5.41) is 4.80. The highest BCUT2D eigenvalue weighted by molar-refractivity contribution is 7.99. The van der Waals surface area contributed by atoms with Gasteiger partial charge in [0.25, 0.3) is 0 Å². The lowest BCUT2D eigenvalue weighted by molar-refractivity contribution is -0.118. The number of halogens is 3. The van der Waals surface area contributed by atoms with Crippen LogP contribution < -0.4 is 5.32 Å². The summed E-state index contributed by atoms with van der Waals surface area (Å²) in [5.41, 5.74) is 2.25. The minimum absolute atomic E-state index is 0.0576. The van der Waals surface area contributed by atoms with Crippen molar-refractivity contribution < 1.29 is 4.79 Å². The number of carbonyl (C=O) groups is 1. The first-order chi connectivity index (χ1) is 12.0. The summed E-state index contributed by atoms with van der Waals surface area (Å²) in [7, 11) is 0. The third-order valence-electron chi connectivity index (χ3n) is 3.21. The largest absolute Gasteiger partial charge is 0.355 e. The minimum Gasteiger partial charge on any atom is -0.355 e. The Kier molecular flexibility index (Phi) is 9.35. The highest BCUT2D eigenvalue weighted by Gasteiger charge is 2.03. The molecule has 0 aliphatic carbocycles. The third-order valence-corrected chi connectivity index (χ3v) is 6.22. The summed E-state index contributed by atoms with van der Waals surface area (Å²) in [6, 6.07) is 13.3. The van der Waals surface area contributed by atoms with E-state index in [2.05, 4.69) is 5.32 Å². The zero-order valence-electron chi connectivity index (χ0n) is 13.4. The van der Waals surface area contributed by atoms with Crippen molar-refractivity contribution in [1.82, 2.24) is 5.32 Å². The fraction of sp³-hybridized carbons (Fsp3) is 0.278. The molecule has 0 aliphatic heterocycles. The van der Waals surface area contributed by atoms with Crippen LogP contribution in [-0.2, 0) is 16.3 Å². The van der Waals surface area contributed by atoms with Crippen LogP contribution in [0.4, 0.5) is 0 Å². The zero-order chi connectivity index (χ0) is 18.1. The van der Waals surface area contributed by atoms with Gasteiger partial charge in [-0.15, -0.1) is 11.8 Å². The van der Waals surface area contributed by atoms with Crippen molar-refractivity contribution in [2.24, 2.45) is 0 Å². The van der Waals surface area contributed by atoms with E-state index in [9.17, 15) is 4.79 Å². The van der Waals surface area contributed by atoms with Crippen molar-refractivity contribution >= 4 is 64.2 Å². The summed E-state index contributed by atoms with van der Waals surface area (Å²) in [6.07, 6.45) is 0. The van der Waals surface area contributed by atoms with Gasteiger partial charge in [-0.1, -0.05) is 53.0 Å². The van der Waals surface area contributed by atoms with Gasteiger partial charge in [0.05, 0.1) is 15.8 Å². The molecule has 7 heteroatoms. The van der Waals surface area contributed by atoms with Gasteiger partial charge in [-0.2, -0.15) is 11.8 Å². The molecule has 134 valence electrons. The normalized spacial score (nSPS) is 10.7. The number of carbonyl (C=O) groups excluding carboxylic acids is 1. The van der Waals surface area contributed by atoms with E-state index in [0.29, 0.717) is 22.3 Å². The molecule has 1 N–H and O–H groups in total. The fourth-order valence-electron chi connectivity index (χ4n) is 2.02. The number of nitrogens with one attached hydrogen (secondary N) is 1. The summed E-state index contributed by atoms with van der Waals surface area (Å²) in [5.74, 6) is 2.98. The molecule has 25 heavy (non-hydrogen) atoms. The van der Waals surface area contributed by atoms with Crippen LogP contribution in [0.1, 0.15) is 11.1 Å². The van der Waals surface area contributed by atoms with Crippen molar-refractivity contribution in [3.8, 4) is 0 Å². The highest BCUT2D eigenvalue weighted by atomic mass is 35.5. The number of hydrogen-bond donors (Lipinski definition) is 1. The molecule has 0 saturated carbocycles. The first-order valence-corrected chi connectivity index (χ1v) is 11.1. The molecule has 0 atom stereocenters. The van der Waals surface area contributed by atoms with E-state index in [4.69, 9.17) is 34.8 Å². The molecule has 0 saturated heterocycles. The van der Waals surface area contributed by atoms with Gasteiger partial charge in [-0.05, 0) is 35.4 Å². The van der Waals surface area contributed by atoms with Crippen LogP contribution in [0.25, 0.3) is 0 Å². The summed E-state index contributed by atoms with van der Waals surface area (Å²) < 4.78 is 0. The van der Waals surface area contributed by atoms with Crippen LogP contribution in [0.15, 0.2) is 42.5 Å². The lowest BCUT2D eigenvalue weighted by Crippen LogP contribution is -2.27. The molecular formula is C18H18Cl3NOS2. The van der Waals surface area contributed by atoms with E-state index in [-0.39, 0.29) is 5.91 Å². The Morgan fingerprint density at radius 1 is 0.920 bits per heavy atom. The SMILES string of the molecule is O=C(CSCc1cccc(Cl)c1)NCCSCc1ccc(Cl)c(Cl)c1. The Morgan fingerprint density at radius 3 is 2.44 bits per heavy atom. The van der Waals surface area contributed by atoms with E-state index < -0.39 is 0 Å². The molecular weight excluding hydrogens is 417 g/mol. The highest BCUT2D eigenvalue weighted by Crippen LogP contribution is 2.24. The van der Waals surface area contributed by atoms with Gasteiger partial charge in [0.15, 0.2) is 0 Å². The molecule has 0 fully saturated rings. The molecule has 0 aliphatic rings. The molecule has 2 nitrogen and oxygen atoms in total. The quantitative estimate of drug-likeness (QED) is 0.496. The first-order valence-electron chi connectivity index (χ1n) is 7.65. The van der Waals surface area contributed by atoms with Crippen molar-refractivity contribution in [2.75, 3.05) is 18.1 Å². The smallest absolute Gasteiger partial charge is 0.230 e.